The van der Waals surface area contributed by atoms with E-state index in [0.717, 1.165) is 31.4 Å². The van der Waals surface area contributed by atoms with Gasteiger partial charge < -0.3 is 19.6 Å². The van der Waals surface area contributed by atoms with Gasteiger partial charge in [-0.15, -0.1) is 0 Å². The summed E-state index contributed by atoms with van der Waals surface area (Å²) in [6.45, 7) is 2.39. The Morgan fingerprint density at radius 3 is 2.22 bits per heavy atom. The summed E-state index contributed by atoms with van der Waals surface area (Å²) in [6.07, 6.45) is 3.70. The van der Waals surface area contributed by atoms with E-state index in [1.54, 1.807) is 36.3 Å². The number of hydrogen-bond donors (Lipinski definition) is 1. The number of rotatable bonds is 6. The summed E-state index contributed by atoms with van der Waals surface area (Å²) in [5.41, 5.74) is 0.508. The molecule has 1 aliphatic carbocycles. The van der Waals surface area contributed by atoms with E-state index in [0.29, 0.717) is 37.5 Å². The lowest BCUT2D eigenvalue weighted by atomic mass is 9.75. The van der Waals surface area contributed by atoms with Crippen molar-refractivity contribution in [3.63, 3.8) is 0 Å². The number of piperazine rings is 1. The van der Waals surface area contributed by atoms with Crippen molar-refractivity contribution in [1.82, 2.24) is 9.80 Å². The number of ether oxygens (including phenoxy) is 1. The average Bonchev–Trinajstić information content (AvgIpc) is 3.51. The maximum absolute atomic E-state index is 13.9. The number of hydrogen-bond acceptors (Lipinski definition) is 6. The molecule has 5 rings (SSSR count). The number of phenolic OH excluding ortho intramolecular Hbond substituents is 1. The summed E-state index contributed by atoms with van der Waals surface area (Å²) in [4.78, 5) is 46.2. The van der Waals surface area contributed by atoms with E-state index in [2.05, 4.69) is 4.90 Å². The molecule has 0 radical (unpaired) electrons. The summed E-state index contributed by atoms with van der Waals surface area (Å²) in [6, 6.07) is 14.2. The fourth-order valence-electron chi connectivity index (χ4n) is 5.92. The number of nitrogens with zero attached hydrogens (tertiary/aromatic N) is 3. The number of carbonyl (C=O) groups is 3. The van der Waals surface area contributed by atoms with Gasteiger partial charge in [0, 0.05) is 50.7 Å². The van der Waals surface area contributed by atoms with Gasteiger partial charge in [-0.05, 0) is 54.8 Å². The highest BCUT2D eigenvalue weighted by atomic mass is 16.5. The van der Waals surface area contributed by atoms with Crippen LogP contribution in [0.3, 0.4) is 0 Å². The van der Waals surface area contributed by atoms with E-state index in [4.69, 9.17) is 4.74 Å². The van der Waals surface area contributed by atoms with Crippen LogP contribution in [0.2, 0.25) is 0 Å². The second kappa shape index (κ2) is 9.84. The number of carbonyl (C=O) groups excluding carboxylic acids is 3. The van der Waals surface area contributed by atoms with Gasteiger partial charge >= 0.3 is 0 Å². The highest BCUT2D eigenvalue weighted by Gasteiger charge is 2.56. The third-order valence-corrected chi connectivity index (χ3v) is 7.98. The van der Waals surface area contributed by atoms with E-state index in [1.165, 1.54) is 4.90 Å². The maximum atomic E-state index is 13.9. The molecule has 8 heteroatoms. The third kappa shape index (κ3) is 4.40. The number of methoxy groups -OCH3 is 1. The third-order valence-electron chi connectivity index (χ3n) is 7.98. The van der Waals surface area contributed by atoms with Crippen LogP contribution in [0.15, 0.2) is 48.5 Å². The van der Waals surface area contributed by atoms with Crippen molar-refractivity contribution in [2.45, 2.75) is 50.0 Å². The molecule has 36 heavy (non-hydrogen) atoms. The smallest absolute Gasteiger partial charge is 0.241 e. The zero-order valence-electron chi connectivity index (χ0n) is 20.7. The lowest BCUT2D eigenvalue weighted by Crippen LogP contribution is -2.51. The quantitative estimate of drug-likeness (QED) is 0.625. The minimum absolute atomic E-state index is 0.0215. The molecule has 2 aromatic carbocycles. The molecule has 190 valence electrons. The lowest BCUT2D eigenvalue weighted by Gasteiger charge is -2.38. The Balaban J connectivity index is 1.36. The molecule has 2 heterocycles. The molecule has 2 aromatic rings. The first-order chi connectivity index (χ1) is 17.4. The Kier molecular flexibility index (Phi) is 6.60. The first-order valence-corrected chi connectivity index (χ1v) is 12.7. The summed E-state index contributed by atoms with van der Waals surface area (Å²) in [5.74, 6) is 0.368. The molecular weight excluding hydrogens is 458 g/mol. The van der Waals surface area contributed by atoms with Crippen molar-refractivity contribution in [2.24, 2.45) is 0 Å². The van der Waals surface area contributed by atoms with Gasteiger partial charge in [-0.1, -0.05) is 25.0 Å². The lowest BCUT2D eigenvalue weighted by molar-refractivity contribution is -0.144. The van der Waals surface area contributed by atoms with E-state index < -0.39 is 5.41 Å². The predicted molar refractivity (Wildman–Crippen MR) is 135 cm³/mol. The Bertz CT molecular complexity index is 1120. The highest BCUT2D eigenvalue weighted by Crippen LogP contribution is 2.43. The average molecular weight is 492 g/mol. The largest absolute Gasteiger partial charge is 0.508 e. The van der Waals surface area contributed by atoms with E-state index in [1.807, 2.05) is 24.3 Å². The molecule has 0 aromatic heterocycles. The van der Waals surface area contributed by atoms with Crippen LogP contribution >= 0.6 is 0 Å². The summed E-state index contributed by atoms with van der Waals surface area (Å²) in [7, 11) is 1.58. The first kappa shape index (κ1) is 24.2. The van der Waals surface area contributed by atoms with Gasteiger partial charge in [0.25, 0.3) is 0 Å². The van der Waals surface area contributed by atoms with Crippen molar-refractivity contribution in [2.75, 3.05) is 38.2 Å². The molecule has 3 aliphatic rings. The number of imide groups is 1. The Morgan fingerprint density at radius 2 is 1.61 bits per heavy atom. The number of anilines is 1. The molecule has 0 spiro atoms. The number of aromatic hydroxyl groups is 1. The van der Waals surface area contributed by atoms with E-state index in [9.17, 15) is 19.5 Å². The van der Waals surface area contributed by atoms with Crippen molar-refractivity contribution >= 4 is 23.4 Å². The van der Waals surface area contributed by atoms with Gasteiger partial charge in [0.1, 0.15) is 11.5 Å². The SMILES string of the molecule is COc1ccc(C2(CC(=O)N3CCN(c4ccc(O)cc4)CC3)CC(=O)N(C3CCCC3)C2=O)cc1. The number of benzene rings is 2. The normalized spacial score (nSPS) is 23.0. The fraction of sp³-hybridized carbons (Fsp3) is 0.464. The highest BCUT2D eigenvalue weighted by molar-refractivity contribution is 6.11. The zero-order valence-corrected chi connectivity index (χ0v) is 20.7. The molecule has 1 N–H and O–H groups in total. The van der Waals surface area contributed by atoms with Crippen molar-refractivity contribution in [3.8, 4) is 11.5 Å². The van der Waals surface area contributed by atoms with Crippen molar-refractivity contribution < 1.29 is 24.2 Å². The minimum Gasteiger partial charge on any atom is -0.508 e. The summed E-state index contributed by atoms with van der Waals surface area (Å²) >= 11 is 0. The molecular formula is C28H33N3O5. The first-order valence-electron chi connectivity index (χ1n) is 12.7. The van der Waals surface area contributed by atoms with Crippen LogP contribution < -0.4 is 9.64 Å². The molecule has 1 unspecified atom stereocenters. The van der Waals surface area contributed by atoms with Crippen LogP contribution in [0.5, 0.6) is 11.5 Å². The monoisotopic (exact) mass is 491 g/mol. The van der Waals surface area contributed by atoms with Crippen molar-refractivity contribution in [1.29, 1.82) is 0 Å². The van der Waals surface area contributed by atoms with Gasteiger partial charge in [-0.25, -0.2) is 0 Å². The second-order valence-corrected chi connectivity index (χ2v) is 10.1. The van der Waals surface area contributed by atoms with Gasteiger partial charge in [0.05, 0.1) is 12.5 Å². The number of likely N-dealkylation sites (tertiary alicyclic amines) is 1. The molecule has 0 bridgehead atoms. The van der Waals surface area contributed by atoms with Crippen molar-refractivity contribution in [3.05, 3.63) is 54.1 Å². The van der Waals surface area contributed by atoms with Crippen LogP contribution in [-0.4, -0.2) is 72.0 Å². The second-order valence-electron chi connectivity index (χ2n) is 10.1. The Morgan fingerprint density at radius 1 is 0.972 bits per heavy atom. The van der Waals surface area contributed by atoms with Crippen LogP contribution in [-0.2, 0) is 19.8 Å². The molecule has 3 fully saturated rings. The number of amides is 3. The van der Waals surface area contributed by atoms with Gasteiger partial charge in [-0.3, -0.25) is 19.3 Å². The van der Waals surface area contributed by atoms with Crippen LogP contribution in [0.4, 0.5) is 5.69 Å². The number of phenols is 1. The molecule has 1 atom stereocenters. The standard InChI is InChI=1S/C28H33N3O5/c1-36-24-12-6-20(7-13-24)28(19-26(34)31(27(28)35)22-4-2-3-5-22)18-25(33)30-16-14-29(15-17-30)21-8-10-23(32)11-9-21/h6-13,22,32H,2-5,14-19H2,1H3. The fourth-order valence-corrected chi connectivity index (χ4v) is 5.92. The van der Waals surface area contributed by atoms with Gasteiger partial charge in [0.2, 0.25) is 17.7 Å². The molecule has 3 amide bonds. The van der Waals surface area contributed by atoms with Gasteiger partial charge in [-0.2, -0.15) is 0 Å². The van der Waals surface area contributed by atoms with Crippen LogP contribution in [0.1, 0.15) is 44.1 Å². The van der Waals surface area contributed by atoms with E-state index >= 15 is 0 Å². The van der Waals surface area contributed by atoms with E-state index in [-0.39, 0.29) is 42.4 Å². The maximum Gasteiger partial charge on any atom is 0.241 e. The molecule has 2 saturated heterocycles. The summed E-state index contributed by atoms with van der Waals surface area (Å²) < 4.78 is 5.29. The zero-order chi connectivity index (χ0) is 25.3. The minimum atomic E-state index is -1.18. The molecule has 1 saturated carbocycles. The Hall–Kier alpha value is -3.55. The summed E-state index contributed by atoms with van der Waals surface area (Å²) in [5, 5.41) is 9.55. The topological polar surface area (TPSA) is 90.4 Å². The van der Waals surface area contributed by atoms with Gasteiger partial charge in [0.15, 0.2) is 0 Å². The molecule has 8 nitrogen and oxygen atoms in total. The van der Waals surface area contributed by atoms with Crippen LogP contribution in [0.25, 0.3) is 0 Å². The molecule has 2 aliphatic heterocycles. The predicted octanol–water partition coefficient (Wildman–Crippen LogP) is 3.08. The Labute approximate surface area is 211 Å². The van der Waals surface area contributed by atoms with Crippen LogP contribution in [0, 0.1) is 0 Å².